The van der Waals surface area contributed by atoms with E-state index in [4.69, 9.17) is 10.0 Å². The minimum atomic E-state index is -1.60. The van der Waals surface area contributed by atoms with Crippen molar-refractivity contribution in [2.45, 2.75) is 12.3 Å². The molecule has 1 aromatic carbocycles. The van der Waals surface area contributed by atoms with Crippen LogP contribution in [0.3, 0.4) is 0 Å². The maximum absolute atomic E-state index is 11.2. The van der Waals surface area contributed by atoms with Crippen molar-refractivity contribution in [3.05, 3.63) is 29.3 Å². The van der Waals surface area contributed by atoms with Crippen LogP contribution in [-0.4, -0.2) is 22.9 Å². The van der Waals surface area contributed by atoms with Crippen LogP contribution in [0.25, 0.3) is 0 Å². The van der Waals surface area contributed by atoms with Gasteiger partial charge in [-0.25, -0.2) is 0 Å². The van der Waals surface area contributed by atoms with Gasteiger partial charge in [-0.1, -0.05) is 28.1 Å². The summed E-state index contributed by atoms with van der Waals surface area (Å²) in [5.74, 6) is -0.170. The van der Waals surface area contributed by atoms with Crippen LogP contribution in [0.1, 0.15) is 22.8 Å². The van der Waals surface area contributed by atoms with Crippen molar-refractivity contribution in [1.29, 1.82) is 0 Å². The average molecular weight is 257 g/mol. The number of hydrogen-bond donors (Lipinski definition) is 2. The van der Waals surface area contributed by atoms with Crippen LogP contribution in [-0.2, 0) is 5.33 Å². The van der Waals surface area contributed by atoms with Gasteiger partial charge in [0.05, 0.1) is 0 Å². The summed E-state index contributed by atoms with van der Waals surface area (Å²) in [6.45, 7) is 1.40. The van der Waals surface area contributed by atoms with E-state index in [1.54, 1.807) is 18.2 Å². The maximum atomic E-state index is 11.2. The second-order valence-electron chi connectivity index (χ2n) is 2.99. The normalized spacial score (nSPS) is 10.0. The highest BCUT2D eigenvalue weighted by atomic mass is 79.9. The SMILES string of the molecule is CC(=O)c1cc(CBr)ccc1B(O)O. The average Bonchev–Trinajstić information content (AvgIpc) is 2.16. The minimum Gasteiger partial charge on any atom is -0.423 e. The highest BCUT2D eigenvalue weighted by Crippen LogP contribution is 2.08. The summed E-state index contributed by atoms with van der Waals surface area (Å²) in [5.41, 5.74) is 1.54. The molecule has 0 saturated carbocycles. The zero-order valence-electron chi connectivity index (χ0n) is 7.70. The third kappa shape index (κ3) is 2.44. The van der Waals surface area contributed by atoms with Crippen LogP contribution in [0.2, 0.25) is 0 Å². The lowest BCUT2D eigenvalue weighted by atomic mass is 9.76. The number of benzene rings is 1. The molecule has 2 N–H and O–H groups in total. The molecule has 0 saturated heterocycles. The second kappa shape index (κ2) is 4.73. The lowest BCUT2D eigenvalue weighted by Gasteiger charge is -2.07. The lowest BCUT2D eigenvalue weighted by Crippen LogP contribution is -2.34. The Morgan fingerprint density at radius 1 is 1.50 bits per heavy atom. The third-order valence-corrected chi connectivity index (χ3v) is 2.58. The summed E-state index contributed by atoms with van der Waals surface area (Å²) in [4.78, 5) is 11.2. The first-order valence-corrected chi connectivity index (χ1v) is 5.24. The number of carbonyl (C=O) groups excluding carboxylic acids is 1. The summed E-state index contributed by atoms with van der Waals surface area (Å²) in [5, 5.41) is 18.7. The van der Waals surface area contributed by atoms with E-state index in [9.17, 15) is 4.79 Å². The molecule has 0 radical (unpaired) electrons. The van der Waals surface area contributed by atoms with E-state index in [2.05, 4.69) is 15.9 Å². The summed E-state index contributed by atoms with van der Waals surface area (Å²) >= 11 is 3.27. The molecule has 0 aliphatic rings. The smallest absolute Gasteiger partial charge is 0.423 e. The maximum Gasteiger partial charge on any atom is 0.489 e. The molecule has 0 aliphatic heterocycles. The highest BCUT2D eigenvalue weighted by molar-refractivity contribution is 9.08. The number of hydrogen-bond acceptors (Lipinski definition) is 3. The van der Waals surface area contributed by atoms with Gasteiger partial charge in [-0.2, -0.15) is 0 Å². The number of alkyl halides is 1. The molecule has 0 bridgehead atoms. The molecule has 0 amide bonds. The van der Waals surface area contributed by atoms with Gasteiger partial charge in [-0.15, -0.1) is 0 Å². The first-order valence-electron chi connectivity index (χ1n) is 4.12. The number of halogens is 1. The molecule has 0 aromatic heterocycles. The van der Waals surface area contributed by atoms with Crippen molar-refractivity contribution < 1.29 is 14.8 Å². The van der Waals surface area contributed by atoms with Gasteiger partial charge < -0.3 is 10.0 Å². The van der Waals surface area contributed by atoms with Crippen LogP contribution >= 0.6 is 15.9 Å². The Morgan fingerprint density at radius 3 is 2.57 bits per heavy atom. The molecule has 0 spiro atoms. The second-order valence-corrected chi connectivity index (χ2v) is 3.55. The van der Waals surface area contributed by atoms with Crippen molar-refractivity contribution >= 4 is 34.3 Å². The van der Waals surface area contributed by atoms with Crippen LogP contribution < -0.4 is 5.46 Å². The fourth-order valence-electron chi connectivity index (χ4n) is 1.22. The molecule has 74 valence electrons. The Balaban J connectivity index is 3.24. The molecular weight excluding hydrogens is 247 g/mol. The molecular formula is C9H10BBrO3. The van der Waals surface area contributed by atoms with E-state index in [1.165, 1.54) is 6.92 Å². The molecule has 0 heterocycles. The molecule has 14 heavy (non-hydrogen) atoms. The summed E-state index contributed by atoms with van der Waals surface area (Å²) < 4.78 is 0. The molecule has 0 unspecified atom stereocenters. The Bertz CT molecular complexity index is 352. The number of rotatable bonds is 3. The zero-order valence-corrected chi connectivity index (χ0v) is 9.28. The van der Waals surface area contributed by atoms with Gasteiger partial charge in [0.15, 0.2) is 5.78 Å². The Morgan fingerprint density at radius 2 is 2.14 bits per heavy atom. The first kappa shape index (κ1) is 11.4. The van der Waals surface area contributed by atoms with Crippen molar-refractivity contribution in [3.63, 3.8) is 0 Å². The Kier molecular flexibility index (Phi) is 3.86. The van der Waals surface area contributed by atoms with Crippen LogP contribution in [0.5, 0.6) is 0 Å². The molecule has 3 nitrogen and oxygen atoms in total. The van der Waals surface area contributed by atoms with Gasteiger partial charge in [0.25, 0.3) is 0 Å². The van der Waals surface area contributed by atoms with Crippen LogP contribution in [0, 0.1) is 0 Å². The van der Waals surface area contributed by atoms with Gasteiger partial charge >= 0.3 is 7.12 Å². The van der Waals surface area contributed by atoms with Crippen LogP contribution in [0.4, 0.5) is 0 Å². The molecule has 0 atom stereocenters. The van der Waals surface area contributed by atoms with E-state index in [1.807, 2.05) is 0 Å². The van der Waals surface area contributed by atoms with Crippen molar-refractivity contribution in [1.82, 2.24) is 0 Å². The monoisotopic (exact) mass is 256 g/mol. The zero-order chi connectivity index (χ0) is 10.7. The quantitative estimate of drug-likeness (QED) is 0.470. The Labute approximate surface area is 91.0 Å². The van der Waals surface area contributed by atoms with Crippen molar-refractivity contribution in [2.24, 2.45) is 0 Å². The van der Waals surface area contributed by atoms with Crippen molar-refractivity contribution in [3.8, 4) is 0 Å². The summed E-state index contributed by atoms with van der Waals surface area (Å²) in [6.07, 6.45) is 0. The topological polar surface area (TPSA) is 57.5 Å². The molecule has 0 fully saturated rings. The van der Waals surface area contributed by atoms with Gasteiger partial charge in [-0.05, 0) is 24.0 Å². The standard InChI is InChI=1S/C9H10BBrO3/c1-6(12)8-4-7(5-11)2-3-9(8)10(13)14/h2-4,13-14H,5H2,1H3. The number of carbonyl (C=O) groups is 1. The van der Waals surface area contributed by atoms with Gasteiger partial charge in [0, 0.05) is 10.9 Å². The van der Waals surface area contributed by atoms with Gasteiger partial charge in [0.1, 0.15) is 0 Å². The highest BCUT2D eigenvalue weighted by Gasteiger charge is 2.18. The van der Waals surface area contributed by atoms with Crippen LogP contribution in [0.15, 0.2) is 18.2 Å². The van der Waals surface area contributed by atoms with Crippen molar-refractivity contribution in [2.75, 3.05) is 0 Å². The summed E-state index contributed by atoms with van der Waals surface area (Å²) in [7, 11) is -1.60. The van der Waals surface area contributed by atoms with E-state index in [-0.39, 0.29) is 11.2 Å². The number of ketones is 1. The van der Waals surface area contributed by atoms with E-state index >= 15 is 0 Å². The number of Topliss-reactive ketones (excluding diaryl/α,β-unsaturated/α-hetero) is 1. The van der Waals surface area contributed by atoms with Gasteiger partial charge in [0.2, 0.25) is 0 Å². The van der Waals surface area contributed by atoms with E-state index < -0.39 is 7.12 Å². The largest absolute Gasteiger partial charge is 0.489 e. The molecule has 5 heteroatoms. The first-order chi connectivity index (χ1) is 6.56. The Hall–Kier alpha value is -0.645. The third-order valence-electron chi connectivity index (χ3n) is 1.93. The molecule has 0 aliphatic carbocycles. The predicted molar refractivity (Wildman–Crippen MR) is 58.9 cm³/mol. The predicted octanol–water partition coefficient (Wildman–Crippen LogP) is 0.464. The minimum absolute atomic E-state index is 0.170. The fraction of sp³-hybridized carbons (Fsp3) is 0.222. The molecule has 1 aromatic rings. The van der Waals surface area contributed by atoms with E-state index in [0.717, 1.165) is 5.56 Å². The lowest BCUT2D eigenvalue weighted by molar-refractivity contribution is 0.101. The summed E-state index contributed by atoms with van der Waals surface area (Å²) in [6, 6.07) is 4.96. The molecule has 1 rings (SSSR count). The fourth-order valence-corrected chi connectivity index (χ4v) is 1.57. The van der Waals surface area contributed by atoms with E-state index in [0.29, 0.717) is 10.9 Å². The van der Waals surface area contributed by atoms with Gasteiger partial charge in [-0.3, -0.25) is 4.79 Å².